The van der Waals surface area contributed by atoms with Crippen LogP contribution in [0.1, 0.15) is 11.3 Å². The van der Waals surface area contributed by atoms with Crippen LogP contribution in [-0.4, -0.2) is 9.38 Å². The van der Waals surface area contributed by atoms with E-state index in [0.717, 1.165) is 5.69 Å². The maximum atomic E-state index is 13.3. The summed E-state index contributed by atoms with van der Waals surface area (Å²) in [7, 11) is 0. The summed E-state index contributed by atoms with van der Waals surface area (Å²) in [6, 6.07) is 0. The van der Waals surface area contributed by atoms with Gasteiger partial charge in [-0.25, -0.2) is 9.37 Å². The smallest absolute Gasteiger partial charge is 0.154 e. The zero-order valence-corrected chi connectivity index (χ0v) is 7.50. The van der Waals surface area contributed by atoms with Gasteiger partial charge in [0.25, 0.3) is 0 Å². The predicted molar refractivity (Wildman–Crippen MR) is 49.0 cm³/mol. The van der Waals surface area contributed by atoms with Gasteiger partial charge in [-0.2, -0.15) is 0 Å². The Morgan fingerprint density at radius 3 is 2.77 bits per heavy atom. The number of rotatable bonds is 0. The number of nitrogens with zero attached hydrogens (tertiary/aromatic N) is 2. The fourth-order valence-corrected chi connectivity index (χ4v) is 1.41. The van der Waals surface area contributed by atoms with Gasteiger partial charge in [-0.15, -0.1) is 0 Å². The summed E-state index contributed by atoms with van der Waals surface area (Å²) < 4.78 is 15.0. The molecule has 0 aromatic carbocycles. The molecule has 0 amide bonds. The van der Waals surface area contributed by atoms with Gasteiger partial charge in [0.2, 0.25) is 0 Å². The van der Waals surface area contributed by atoms with E-state index in [2.05, 4.69) is 4.98 Å². The van der Waals surface area contributed by atoms with Crippen LogP contribution in [0.25, 0.3) is 5.65 Å². The lowest BCUT2D eigenvalue weighted by molar-refractivity contribution is 0.622. The molecule has 13 heavy (non-hydrogen) atoms. The number of anilines is 1. The van der Waals surface area contributed by atoms with Gasteiger partial charge in [0.05, 0.1) is 11.4 Å². The van der Waals surface area contributed by atoms with E-state index < -0.39 is 0 Å². The molecule has 0 aliphatic carbocycles. The van der Waals surface area contributed by atoms with Crippen molar-refractivity contribution in [3.63, 3.8) is 0 Å². The second kappa shape index (κ2) is 2.45. The molecular weight excluding hydrogens is 169 g/mol. The third kappa shape index (κ3) is 1.06. The van der Waals surface area contributed by atoms with E-state index in [4.69, 9.17) is 5.73 Å². The highest BCUT2D eigenvalue weighted by Crippen LogP contribution is 2.19. The highest BCUT2D eigenvalue weighted by atomic mass is 19.1. The number of pyridine rings is 1. The number of hydrogen-bond donors (Lipinski definition) is 1. The van der Waals surface area contributed by atoms with E-state index >= 15 is 0 Å². The first-order valence-corrected chi connectivity index (χ1v) is 3.99. The molecule has 4 heteroatoms. The van der Waals surface area contributed by atoms with Crippen molar-refractivity contribution in [2.75, 3.05) is 5.73 Å². The molecule has 2 N–H and O–H groups in total. The normalized spacial score (nSPS) is 11.0. The van der Waals surface area contributed by atoms with E-state index in [9.17, 15) is 4.39 Å². The molecule has 0 saturated heterocycles. The zero-order chi connectivity index (χ0) is 9.59. The minimum Gasteiger partial charge on any atom is -0.395 e. The number of aryl methyl sites for hydroxylation is 2. The van der Waals surface area contributed by atoms with Crippen LogP contribution in [0.2, 0.25) is 0 Å². The first-order valence-electron chi connectivity index (χ1n) is 3.99. The molecule has 0 atom stereocenters. The molecule has 0 bridgehead atoms. The summed E-state index contributed by atoms with van der Waals surface area (Å²) in [6.45, 7) is 3.54. The highest BCUT2D eigenvalue weighted by molar-refractivity contribution is 5.56. The van der Waals surface area contributed by atoms with Crippen molar-refractivity contribution in [2.24, 2.45) is 0 Å². The summed E-state index contributed by atoms with van der Waals surface area (Å²) in [5.74, 6) is -0.377. The molecule has 2 rings (SSSR count). The summed E-state index contributed by atoms with van der Waals surface area (Å²) in [4.78, 5) is 4.18. The van der Waals surface area contributed by atoms with Crippen LogP contribution < -0.4 is 5.73 Å². The largest absolute Gasteiger partial charge is 0.395 e. The molecular formula is C9H10FN3. The third-order valence-electron chi connectivity index (χ3n) is 2.05. The van der Waals surface area contributed by atoms with E-state index in [1.807, 2.05) is 13.1 Å². The van der Waals surface area contributed by atoms with Crippen molar-refractivity contribution >= 4 is 11.3 Å². The van der Waals surface area contributed by atoms with Crippen molar-refractivity contribution in [3.8, 4) is 0 Å². The maximum Gasteiger partial charge on any atom is 0.154 e. The van der Waals surface area contributed by atoms with Crippen molar-refractivity contribution in [1.82, 2.24) is 9.38 Å². The lowest BCUT2D eigenvalue weighted by Gasteiger charge is -2.02. The number of halogens is 1. The minimum absolute atomic E-state index is 0.155. The number of nitrogens with two attached hydrogens (primary N) is 1. The zero-order valence-electron chi connectivity index (χ0n) is 7.50. The Labute approximate surface area is 75.0 Å². The third-order valence-corrected chi connectivity index (χ3v) is 2.05. The van der Waals surface area contributed by atoms with Crippen molar-refractivity contribution < 1.29 is 4.39 Å². The molecule has 0 aliphatic rings. The number of hydrogen-bond acceptors (Lipinski definition) is 2. The lowest BCUT2D eigenvalue weighted by Crippen LogP contribution is -1.98. The SMILES string of the molecule is Cc1cn2cc(N)c(F)c(C)c2n1. The number of imidazole rings is 1. The van der Waals surface area contributed by atoms with Crippen LogP contribution in [-0.2, 0) is 0 Å². The van der Waals surface area contributed by atoms with Crippen LogP contribution >= 0.6 is 0 Å². The van der Waals surface area contributed by atoms with E-state index in [1.165, 1.54) is 6.20 Å². The molecule has 68 valence electrons. The van der Waals surface area contributed by atoms with Crippen LogP contribution in [0, 0.1) is 19.7 Å². The second-order valence-electron chi connectivity index (χ2n) is 3.14. The van der Waals surface area contributed by atoms with Crippen molar-refractivity contribution in [3.05, 3.63) is 29.5 Å². The van der Waals surface area contributed by atoms with E-state index in [0.29, 0.717) is 11.2 Å². The summed E-state index contributed by atoms with van der Waals surface area (Å²) in [5, 5.41) is 0. The Kier molecular flexibility index (Phi) is 1.52. The highest BCUT2D eigenvalue weighted by Gasteiger charge is 2.09. The van der Waals surface area contributed by atoms with Gasteiger partial charge in [-0.05, 0) is 13.8 Å². The van der Waals surface area contributed by atoms with E-state index in [1.54, 1.807) is 11.3 Å². The average Bonchev–Trinajstić information content (AvgIpc) is 2.42. The average molecular weight is 179 g/mol. The Morgan fingerprint density at radius 2 is 2.08 bits per heavy atom. The number of fused-ring (bicyclic) bond motifs is 1. The molecule has 0 fully saturated rings. The maximum absolute atomic E-state index is 13.3. The lowest BCUT2D eigenvalue weighted by atomic mass is 10.2. The monoisotopic (exact) mass is 179 g/mol. The standard InChI is InChI=1S/C9H10FN3/c1-5-3-13-4-7(11)8(10)6(2)9(13)12-5/h3-4H,11H2,1-2H3. The Hall–Kier alpha value is -1.58. The molecule has 0 radical (unpaired) electrons. The summed E-state index contributed by atoms with van der Waals surface area (Å²) in [6.07, 6.45) is 3.36. The first-order chi connectivity index (χ1) is 6.09. The van der Waals surface area contributed by atoms with Crippen molar-refractivity contribution in [1.29, 1.82) is 0 Å². The van der Waals surface area contributed by atoms with Gasteiger partial charge in [-0.1, -0.05) is 0 Å². The summed E-state index contributed by atoms with van der Waals surface area (Å²) >= 11 is 0. The minimum atomic E-state index is -0.377. The topological polar surface area (TPSA) is 43.3 Å². The van der Waals surface area contributed by atoms with Gasteiger partial charge in [0, 0.05) is 18.0 Å². The van der Waals surface area contributed by atoms with Gasteiger partial charge in [0.15, 0.2) is 5.82 Å². The molecule has 3 nitrogen and oxygen atoms in total. The molecule has 2 heterocycles. The van der Waals surface area contributed by atoms with Crippen LogP contribution in [0.4, 0.5) is 10.1 Å². The summed E-state index contributed by atoms with van der Waals surface area (Å²) in [5.41, 5.74) is 7.60. The predicted octanol–water partition coefficient (Wildman–Crippen LogP) is 1.67. The molecule has 2 aromatic rings. The Bertz CT molecular complexity index is 473. The Morgan fingerprint density at radius 1 is 1.38 bits per heavy atom. The fourth-order valence-electron chi connectivity index (χ4n) is 1.41. The van der Waals surface area contributed by atoms with Gasteiger partial charge in [0.1, 0.15) is 5.65 Å². The van der Waals surface area contributed by atoms with Crippen LogP contribution in [0.5, 0.6) is 0 Å². The quantitative estimate of drug-likeness (QED) is 0.668. The van der Waals surface area contributed by atoms with Gasteiger partial charge >= 0.3 is 0 Å². The number of aromatic nitrogens is 2. The second-order valence-corrected chi connectivity index (χ2v) is 3.14. The number of nitrogen functional groups attached to an aromatic ring is 1. The molecule has 0 aliphatic heterocycles. The molecule has 0 unspecified atom stereocenters. The first kappa shape index (κ1) is 8.04. The van der Waals surface area contributed by atoms with Gasteiger partial charge in [-0.3, -0.25) is 0 Å². The fraction of sp³-hybridized carbons (Fsp3) is 0.222. The van der Waals surface area contributed by atoms with E-state index in [-0.39, 0.29) is 11.5 Å². The van der Waals surface area contributed by atoms with Gasteiger partial charge < -0.3 is 10.1 Å². The van der Waals surface area contributed by atoms with Crippen LogP contribution in [0.3, 0.4) is 0 Å². The van der Waals surface area contributed by atoms with Crippen LogP contribution in [0.15, 0.2) is 12.4 Å². The van der Waals surface area contributed by atoms with Crippen molar-refractivity contribution in [2.45, 2.75) is 13.8 Å². The molecule has 0 saturated carbocycles. The molecule has 0 spiro atoms. The Balaban J connectivity index is 2.92. The molecule has 2 aromatic heterocycles.